The first-order valence-corrected chi connectivity index (χ1v) is 11.2. The molecule has 32 heavy (non-hydrogen) atoms. The van der Waals surface area contributed by atoms with Gasteiger partial charge >= 0.3 is 0 Å². The van der Waals surface area contributed by atoms with Gasteiger partial charge in [0.05, 0.1) is 26.4 Å². The van der Waals surface area contributed by atoms with E-state index in [9.17, 15) is 0 Å². The lowest BCUT2D eigenvalue weighted by Gasteiger charge is -2.35. The van der Waals surface area contributed by atoms with Crippen molar-refractivity contribution in [2.24, 2.45) is 4.99 Å². The molecule has 2 aromatic carbocycles. The van der Waals surface area contributed by atoms with Gasteiger partial charge in [-0.05, 0) is 36.1 Å². The van der Waals surface area contributed by atoms with Crippen LogP contribution >= 0.6 is 24.0 Å². The summed E-state index contributed by atoms with van der Waals surface area (Å²) in [5.41, 5.74) is 2.94. The van der Waals surface area contributed by atoms with Crippen LogP contribution in [-0.4, -0.2) is 64.4 Å². The van der Waals surface area contributed by atoms with Crippen molar-refractivity contribution in [1.29, 1.82) is 0 Å². The molecule has 1 saturated carbocycles. The van der Waals surface area contributed by atoms with Crippen molar-refractivity contribution in [2.75, 3.05) is 53.6 Å². The average Bonchev–Trinajstić information content (AvgIpc) is 3.64. The number of morpholine rings is 1. The molecule has 2 aromatic rings. The summed E-state index contributed by atoms with van der Waals surface area (Å²) >= 11 is 0. The van der Waals surface area contributed by atoms with Crippen LogP contribution < -0.4 is 15.4 Å². The highest BCUT2D eigenvalue weighted by molar-refractivity contribution is 14.0. The van der Waals surface area contributed by atoms with Crippen LogP contribution in [0.5, 0.6) is 5.75 Å². The minimum atomic E-state index is 0. The van der Waals surface area contributed by atoms with Crippen LogP contribution in [0.25, 0.3) is 0 Å². The fraction of sp³-hybridized carbons (Fsp3) is 0.480. The smallest absolute Gasteiger partial charge is 0.191 e. The molecule has 2 aliphatic rings. The highest BCUT2D eigenvalue weighted by Crippen LogP contribution is 2.47. The van der Waals surface area contributed by atoms with E-state index in [2.05, 4.69) is 63.0 Å². The van der Waals surface area contributed by atoms with Crippen molar-refractivity contribution < 1.29 is 9.47 Å². The van der Waals surface area contributed by atoms with Crippen LogP contribution in [0.1, 0.15) is 30.0 Å². The highest BCUT2D eigenvalue weighted by atomic mass is 127. The molecule has 6 nitrogen and oxygen atoms in total. The van der Waals surface area contributed by atoms with Crippen LogP contribution in [0.15, 0.2) is 59.6 Å². The largest absolute Gasteiger partial charge is 0.497 e. The number of nitrogens with zero attached hydrogens (tertiary/aromatic N) is 2. The molecule has 0 radical (unpaired) electrons. The van der Waals surface area contributed by atoms with Gasteiger partial charge in [0, 0.05) is 38.6 Å². The zero-order chi connectivity index (χ0) is 21.5. The van der Waals surface area contributed by atoms with Gasteiger partial charge in [-0.3, -0.25) is 9.89 Å². The van der Waals surface area contributed by atoms with Crippen molar-refractivity contribution in [3.8, 4) is 5.75 Å². The molecule has 1 saturated heterocycles. The standard InChI is InChI=1S/C25H34N4O2.HI/c1-26-24(28-19-25(12-13-25)21-6-4-3-5-7-21)27-18-23(29-14-16-31-17-15-29)20-8-10-22(30-2)11-9-20;/h3-11,23H,12-19H2,1-2H3,(H2,26,27,28);1H. The number of guanidine groups is 1. The second-order valence-corrected chi connectivity index (χ2v) is 8.39. The molecule has 0 bridgehead atoms. The first kappa shape index (κ1) is 24.8. The van der Waals surface area contributed by atoms with Gasteiger partial charge in [0.25, 0.3) is 0 Å². The summed E-state index contributed by atoms with van der Waals surface area (Å²) in [6.45, 7) is 5.10. The van der Waals surface area contributed by atoms with E-state index < -0.39 is 0 Å². The summed E-state index contributed by atoms with van der Waals surface area (Å²) in [4.78, 5) is 6.97. The van der Waals surface area contributed by atoms with E-state index in [1.54, 1.807) is 7.11 Å². The van der Waals surface area contributed by atoms with E-state index in [-0.39, 0.29) is 35.4 Å². The molecule has 1 atom stereocenters. The van der Waals surface area contributed by atoms with E-state index >= 15 is 0 Å². The lowest BCUT2D eigenvalue weighted by Crippen LogP contribution is -2.47. The number of methoxy groups -OCH3 is 1. The molecular formula is C25H35IN4O2. The molecule has 1 aliphatic heterocycles. The van der Waals surface area contributed by atoms with Gasteiger partial charge in [-0.1, -0.05) is 42.5 Å². The maximum atomic E-state index is 5.58. The van der Waals surface area contributed by atoms with Crippen molar-refractivity contribution in [2.45, 2.75) is 24.3 Å². The van der Waals surface area contributed by atoms with E-state index in [1.165, 1.54) is 24.0 Å². The molecule has 2 fully saturated rings. The Morgan fingerprint density at radius 2 is 1.75 bits per heavy atom. The van der Waals surface area contributed by atoms with Crippen LogP contribution in [0.3, 0.4) is 0 Å². The summed E-state index contributed by atoms with van der Waals surface area (Å²) in [6, 6.07) is 19.5. The Bertz CT molecular complexity index is 850. The van der Waals surface area contributed by atoms with Crippen molar-refractivity contribution in [1.82, 2.24) is 15.5 Å². The van der Waals surface area contributed by atoms with Gasteiger partial charge in [-0.15, -0.1) is 24.0 Å². The van der Waals surface area contributed by atoms with Crippen LogP contribution in [-0.2, 0) is 10.2 Å². The molecule has 7 heteroatoms. The molecule has 174 valence electrons. The molecule has 0 amide bonds. The zero-order valence-electron chi connectivity index (χ0n) is 19.0. The van der Waals surface area contributed by atoms with E-state index in [1.807, 2.05) is 19.2 Å². The fourth-order valence-corrected chi connectivity index (χ4v) is 4.35. The van der Waals surface area contributed by atoms with E-state index in [0.717, 1.165) is 51.1 Å². The van der Waals surface area contributed by atoms with Crippen LogP contribution in [0, 0.1) is 0 Å². The Morgan fingerprint density at radius 3 is 2.34 bits per heavy atom. The van der Waals surface area contributed by atoms with E-state index in [4.69, 9.17) is 9.47 Å². The van der Waals surface area contributed by atoms with Gasteiger partial charge in [0.2, 0.25) is 0 Å². The SMILES string of the molecule is CN=C(NCC(c1ccc(OC)cc1)N1CCOCC1)NCC1(c2ccccc2)CC1.I. The maximum Gasteiger partial charge on any atom is 0.191 e. The predicted molar refractivity (Wildman–Crippen MR) is 140 cm³/mol. The zero-order valence-corrected chi connectivity index (χ0v) is 21.4. The summed E-state index contributed by atoms with van der Waals surface area (Å²) in [5.74, 6) is 1.74. The number of nitrogens with one attached hydrogen (secondary N) is 2. The molecule has 1 heterocycles. The van der Waals surface area contributed by atoms with Gasteiger partial charge in [-0.2, -0.15) is 0 Å². The topological polar surface area (TPSA) is 58.1 Å². The van der Waals surface area contributed by atoms with Gasteiger partial charge < -0.3 is 20.1 Å². The molecule has 0 spiro atoms. The second-order valence-electron chi connectivity index (χ2n) is 8.39. The highest BCUT2D eigenvalue weighted by Gasteiger charge is 2.44. The summed E-state index contributed by atoms with van der Waals surface area (Å²) < 4.78 is 10.9. The number of hydrogen-bond acceptors (Lipinski definition) is 4. The molecule has 1 aliphatic carbocycles. The number of rotatable bonds is 8. The fourth-order valence-electron chi connectivity index (χ4n) is 4.35. The number of aliphatic imine (C=N–C) groups is 1. The Balaban J connectivity index is 0.00000289. The van der Waals surface area contributed by atoms with Crippen LogP contribution in [0.2, 0.25) is 0 Å². The quantitative estimate of drug-likeness (QED) is 0.299. The van der Waals surface area contributed by atoms with Gasteiger partial charge in [-0.25, -0.2) is 0 Å². The third-order valence-electron chi connectivity index (χ3n) is 6.51. The first-order valence-electron chi connectivity index (χ1n) is 11.2. The lowest BCUT2D eigenvalue weighted by atomic mass is 9.96. The molecule has 4 rings (SSSR count). The number of hydrogen-bond donors (Lipinski definition) is 2. The molecule has 0 aromatic heterocycles. The van der Waals surface area contributed by atoms with E-state index in [0.29, 0.717) is 0 Å². The van der Waals surface area contributed by atoms with Crippen LogP contribution in [0.4, 0.5) is 0 Å². The molecule has 1 unspecified atom stereocenters. The number of ether oxygens (including phenoxy) is 2. The lowest BCUT2D eigenvalue weighted by molar-refractivity contribution is 0.0170. The van der Waals surface area contributed by atoms with Gasteiger partial charge in [0.1, 0.15) is 5.75 Å². The average molecular weight is 550 g/mol. The Labute approximate surface area is 208 Å². The Kier molecular flexibility index (Phi) is 9.19. The molecule has 2 N–H and O–H groups in total. The van der Waals surface area contributed by atoms with Crippen molar-refractivity contribution in [3.63, 3.8) is 0 Å². The second kappa shape index (κ2) is 11.9. The van der Waals surface area contributed by atoms with Crippen molar-refractivity contribution in [3.05, 3.63) is 65.7 Å². The minimum Gasteiger partial charge on any atom is -0.497 e. The predicted octanol–water partition coefficient (Wildman–Crippen LogP) is 3.58. The normalized spacial score (nSPS) is 18.9. The first-order chi connectivity index (χ1) is 15.2. The van der Waals surface area contributed by atoms with Gasteiger partial charge in [0.15, 0.2) is 5.96 Å². The minimum absolute atomic E-state index is 0. The Hall–Kier alpha value is -1.84. The number of halogens is 1. The third-order valence-corrected chi connectivity index (χ3v) is 6.51. The summed E-state index contributed by atoms with van der Waals surface area (Å²) in [7, 11) is 3.54. The molecular weight excluding hydrogens is 515 g/mol. The monoisotopic (exact) mass is 550 g/mol. The third kappa shape index (κ3) is 6.14. The number of benzene rings is 2. The maximum absolute atomic E-state index is 5.58. The van der Waals surface area contributed by atoms with Crippen molar-refractivity contribution >= 4 is 29.9 Å². The Morgan fingerprint density at radius 1 is 1.06 bits per heavy atom. The summed E-state index contributed by atoms with van der Waals surface area (Å²) in [6.07, 6.45) is 2.45. The summed E-state index contributed by atoms with van der Waals surface area (Å²) in [5, 5.41) is 7.15.